The molecule has 39 heavy (non-hydrogen) atoms. The molecule has 4 aromatic carbocycles. The predicted molar refractivity (Wildman–Crippen MR) is 162 cm³/mol. The topological polar surface area (TPSA) is 43.7 Å². The van der Waals surface area contributed by atoms with Gasteiger partial charge in [0.05, 0.1) is 12.1 Å². The first kappa shape index (κ1) is 28.6. The number of rotatable bonds is 8. The molecule has 0 aromatic heterocycles. The molecule has 0 saturated heterocycles. The lowest BCUT2D eigenvalue weighted by Gasteiger charge is -2.37. The number of phenolic OH excluding ortho intramolecular Hbond substituents is 1. The Balaban J connectivity index is 1.88. The molecule has 0 aliphatic rings. The molecule has 0 saturated carbocycles. The number of aliphatic hydroxyl groups is 1. The van der Waals surface area contributed by atoms with Crippen molar-refractivity contribution in [2.45, 2.75) is 77.6 Å². The Labute approximate surface area is 234 Å². The van der Waals surface area contributed by atoms with Crippen molar-refractivity contribution in [1.29, 1.82) is 0 Å². The lowest BCUT2D eigenvalue weighted by molar-refractivity contribution is 0.0367. The van der Waals surface area contributed by atoms with Gasteiger partial charge in [0.1, 0.15) is 5.75 Å². The minimum atomic E-state index is -0.757. The Kier molecular flexibility index (Phi) is 8.64. The highest BCUT2D eigenvalue weighted by atomic mass is 16.3. The Bertz CT molecular complexity index is 1340. The van der Waals surface area contributed by atoms with Crippen molar-refractivity contribution < 1.29 is 10.2 Å². The van der Waals surface area contributed by atoms with Crippen LogP contribution in [0.5, 0.6) is 5.75 Å². The fraction of sp³-hybridized carbons (Fsp3) is 0.333. The number of aliphatic hydroxyl groups excluding tert-OH is 1. The van der Waals surface area contributed by atoms with E-state index in [2.05, 4.69) is 82.8 Å². The first-order valence-corrected chi connectivity index (χ1v) is 13.9. The van der Waals surface area contributed by atoms with E-state index < -0.39 is 6.10 Å². The van der Waals surface area contributed by atoms with Crippen LogP contribution in [-0.2, 0) is 23.9 Å². The van der Waals surface area contributed by atoms with Crippen LogP contribution in [0.4, 0.5) is 0 Å². The van der Waals surface area contributed by atoms with Crippen LogP contribution < -0.4 is 0 Å². The van der Waals surface area contributed by atoms with E-state index in [0.29, 0.717) is 18.8 Å². The quantitative estimate of drug-likeness (QED) is 0.244. The SMILES string of the molecule is CC(C)(C)c1cc(CN(Cc2ccccc2)[C@H](c2ccccc2)[C@@H](O)c2ccccc2)c(O)c(C(C)(C)C)c1. The molecule has 0 amide bonds. The van der Waals surface area contributed by atoms with Crippen molar-refractivity contribution in [1.82, 2.24) is 4.90 Å². The van der Waals surface area contributed by atoms with Gasteiger partial charge in [0, 0.05) is 18.7 Å². The third-order valence-electron chi connectivity index (χ3n) is 7.44. The molecule has 4 rings (SSSR count). The summed E-state index contributed by atoms with van der Waals surface area (Å²) in [5.41, 5.74) is 5.79. The predicted octanol–water partition coefficient (Wildman–Crippen LogP) is 8.46. The van der Waals surface area contributed by atoms with E-state index >= 15 is 0 Å². The average molecular weight is 522 g/mol. The second-order valence-electron chi connectivity index (χ2n) is 12.6. The van der Waals surface area contributed by atoms with Crippen LogP contribution in [0, 0.1) is 0 Å². The van der Waals surface area contributed by atoms with Gasteiger partial charge in [-0.15, -0.1) is 0 Å². The van der Waals surface area contributed by atoms with Crippen LogP contribution in [0.25, 0.3) is 0 Å². The van der Waals surface area contributed by atoms with E-state index in [4.69, 9.17) is 0 Å². The Morgan fingerprint density at radius 2 is 1.15 bits per heavy atom. The van der Waals surface area contributed by atoms with Gasteiger partial charge >= 0.3 is 0 Å². The van der Waals surface area contributed by atoms with Gasteiger partial charge in [-0.25, -0.2) is 0 Å². The Hall–Kier alpha value is -3.40. The van der Waals surface area contributed by atoms with Crippen molar-refractivity contribution >= 4 is 0 Å². The zero-order valence-electron chi connectivity index (χ0n) is 24.2. The summed E-state index contributed by atoms with van der Waals surface area (Å²) < 4.78 is 0. The summed E-state index contributed by atoms with van der Waals surface area (Å²) in [5, 5.41) is 23.5. The molecule has 3 heteroatoms. The summed E-state index contributed by atoms with van der Waals surface area (Å²) in [6.45, 7) is 14.2. The lowest BCUT2D eigenvalue weighted by Crippen LogP contribution is -2.33. The van der Waals surface area contributed by atoms with Crippen molar-refractivity contribution in [3.8, 4) is 5.75 Å². The summed E-state index contributed by atoms with van der Waals surface area (Å²) in [6.07, 6.45) is -0.757. The molecule has 0 aliphatic heterocycles. The highest BCUT2D eigenvalue weighted by Crippen LogP contribution is 2.41. The van der Waals surface area contributed by atoms with Crippen LogP contribution >= 0.6 is 0 Å². The lowest BCUT2D eigenvalue weighted by atomic mass is 9.78. The minimum absolute atomic E-state index is 0.0743. The maximum absolute atomic E-state index is 11.9. The molecule has 0 fully saturated rings. The summed E-state index contributed by atoms with van der Waals surface area (Å²) in [4.78, 5) is 2.30. The molecule has 0 heterocycles. The zero-order valence-corrected chi connectivity index (χ0v) is 24.2. The van der Waals surface area contributed by atoms with E-state index in [1.807, 2.05) is 66.7 Å². The average Bonchev–Trinajstić information content (AvgIpc) is 2.90. The van der Waals surface area contributed by atoms with Crippen molar-refractivity contribution in [2.75, 3.05) is 0 Å². The zero-order chi connectivity index (χ0) is 28.2. The summed E-state index contributed by atoms with van der Waals surface area (Å²) >= 11 is 0. The Morgan fingerprint density at radius 1 is 0.641 bits per heavy atom. The number of hydrogen-bond acceptors (Lipinski definition) is 3. The van der Waals surface area contributed by atoms with Crippen molar-refractivity contribution in [3.05, 3.63) is 137 Å². The van der Waals surface area contributed by atoms with Gasteiger partial charge in [-0.05, 0) is 38.6 Å². The first-order chi connectivity index (χ1) is 18.4. The molecular formula is C36H43NO2. The number of phenols is 1. The third-order valence-corrected chi connectivity index (χ3v) is 7.44. The fourth-order valence-corrected chi connectivity index (χ4v) is 5.18. The van der Waals surface area contributed by atoms with Crippen molar-refractivity contribution in [3.63, 3.8) is 0 Å². The number of nitrogens with zero attached hydrogens (tertiary/aromatic N) is 1. The van der Waals surface area contributed by atoms with Gasteiger partial charge in [-0.3, -0.25) is 4.90 Å². The maximum Gasteiger partial charge on any atom is 0.123 e. The van der Waals surface area contributed by atoms with E-state index in [1.54, 1.807) is 0 Å². The second-order valence-corrected chi connectivity index (χ2v) is 12.6. The number of aromatic hydroxyl groups is 1. The molecule has 204 valence electrons. The van der Waals surface area contributed by atoms with E-state index in [0.717, 1.165) is 27.8 Å². The van der Waals surface area contributed by atoms with Gasteiger partial charge in [0.15, 0.2) is 0 Å². The molecule has 0 unspecified atom stereocenters. The van der Waals surface area contributed by atoms with E-state index in [-0.39, 0.29) is 16.9 Å². The molecule has 2 atom stereocenters. The molecule has 0 spiro atoms. The monoisotopic (exact) mass is 521 g/mol. The van der Waals surface area contributed by atoms with Gasteiger partial charge in [0.25, 0.3) is 0 Å². The second kappa shape index (κ2) is 11.8. The van der Waals surface area contributed by atoms with Crippen LogP contribution in [0.15, 0.2) is 103 Å². The molecule has 0 bridgehead atoms. The van der Waals surface area contributed by atoms with E-state index in [9.17, 15) is 10.2 Å². The number of benzene rings is 4. The van der Waals surface area contributed by atoms with Gasteiger partial charge in [0.2, 0.25) is 0 Å². The first-order valence-electron chi connectivity index (χ1n) is 13.9. The molecule has 0 aliphatic carbocycles. The maximum atomic E-state index is 11.9. The van der Waals surface area contributed by atoms with Crippen LogP contribution in [0.3, 0.4) is 0 Å². The van der Waals surface area contributed by atoms with Gasteiger partial charge in [-0.2, -0.15) is 0 Å². The largest absolute Gasteiger partial charge is 0.507 e. The third kappa shape index (κ3) is 6.98. The normalized spacial score (nSPS) is 13.8. The molecular weight excluding hydrogens is 478 g/mol. The minimum Gasteiger partial charge on any atom is -0.507 e. The van der Waals surface area contributed by atoms with Crippen LogP contribution in [0.2, 0.25) is 0 Å². The van der Waals surface area contributed by atoms with Crippen LogP contribution in [0.1, 0.15) is 87.1 Å². The van der Waals surface area contributed by atoms with Gasteiger partial charge in [-0.1, -0.05) is 145 Å². The summed E-state index contributed by atoms with van der Waals surface area (Å²) in [5.74, 6) is 0.342. The highest BCUT2D eigenvalue weighted by Gasteiger charge is 2.31. The van der Waals surface area contributed by atoms with Gasteiger partial charge < -0.3 is 10.2 Å². The van der Waals surface area contributed by atoms with E-state index in [1.165, 1.54) is 5.56 Å². The highest BCUT2D eigenvalue weighted by molar-refractivity contribution is 5.49. The summed E-state index contributed by atoms with van der Waals surface area (Å²) in [6, 6.07) is 34.4. The summed E-state index contributed by atoms with van der Waals surface area (Å²) in [7, 11) is 0. The molecule has 3 nitrogen and oxygen atoms in total. The molecule has 4 aromatic rings. The fourth-order valence-electron chi connectivity index (χ4n) is 5.18. The molecule has 2 N–H and O–H groups in total. The Morgan fingerprint density at radius 3 is 1.67 bits per heavy atom. The van der Waals surface area contributed by atoms with Crippen molar-refractivity contribution in [2.24, 2.45) is 0 Å². The molecule has 0 radical (unpaired) electrons. The van der Waals surface area contributed by atoms with Crippen LogP contribution in [-0.4, -0.2) is 15.1 Å². The number of hydrogen-bond donors (Lipinski definition) is 2. The standard InChI is InChI=1S/C36H43NO2/c1-35(2,3)30-22-29(33(38)31(23-30)36(4,5)6)25-37(24-26-16-10-7-11-17-26)32(27-18-12-8-13-19-27)34(39)28-20-14-9-15-21-28/h7-23,32,34,38-39H,24-25H2,1-6H3/t32-,34+/m1/s1. The smallest absolute Gasteiger partial charge is 0.123 e.